The highest BCUT2D eigenvalue weighted by Crippen LogP contribution is 2.49. The van der Waals surface area contributed by atoms with Gasteiger partial charge in [-0.3, -0.25) is 0 Å². The Morgan fingerprint density at radius 3 is 2.40 bits per heavy atom. The van der Waals surface area contributed by atoms with Gasteiger partial charge in [-0.1, -0.05) is 35.7 Å². The molecule has 15 heavy (non-hydrogen) atoms. The van der Waals surface area contributed by atoms with Crippen molar-refractivity contribution in [3.05, 3.63) is 0 Å². The zero-order chi connectivity index (χ0) is 10.8. The van der Waals surface area contributed by atoms with Gasteiger partial charge in [-0.25, -0.2) is 0 Å². The second-order valence-electron chi connectivity index (χ2n) is 5.98. The fraction of sp³-hybridized carbons (Fsp3) is 1.00. The normalized spacial score (nSPS) is 35.6. The molecule has 88 valence electrons. The first-order chi connectivity index (χ1) is 7.18. The third kappa shape index (κ3) is 2.76. The van der Waals surface area contributed by atoms with E-state index in [-0.39, 0.29) is 0 Å². The third-order valence-electron chi connectivity index (χ3n) is 4.30. The lowest BCUT2D eigenvalue weighted by molar-refractivity contribution is -0.0187. The minimum Gasteiger partial charge on any atom is -0.381 e. The minimum atomic E-state index is 0.442. The Morgan fingerprint density at radius 1 is 1.13 bits per heavy atom. The van der Waals surface area contributed by atoms with Gasteiger partial charge in [-0.15, -0.1) is 0 Å². The molecule has 2 aliphatic rings. The molecule has 1 aliphatic carbocycles. The Morgan fingerprint density at radius 2 is 1.87 bits per heavy atom. The Labute approximate surface area is 102 Å². The average molecular weight is 275 g/mol. The van der Waals surface area contributed by atoms with E-state index in [2.05, 4.69) is 22.9 Å². The SMILES string of the molecule is CC1(CC2(CBr)CCCOC2)CCCC1. The molecular weight excluding hydrogens is 252 g/mol. The molecule has 2 rings (SSSR count). The van der Waals surface area contributed by atoms with Gasteiger partial charge in [-0.05, 0) is 37.5 Å². The predicted molar refractivity (Wildman–Crippen MR) is 67.5 cm³/mol. The molecule has 1 saturated heterocycles. The van der Waals surface area contributed by atoms with Crippen molar-refractivity contribution in [1.29, 1.82) is 0 Å². The molecule has 1 heterocycles. The Hall–Kier alpha value is 0.440. The molecular formula is C13H23BrO. The van der Waals surface area contributed by atoms with E-state index in [9.17, 15) is 0 Å². The molecule has 0 amide bonds. The van der Waals surface area contributed by atoms with Crippen molar-refractivity contribution < 1.29 is 4.74 Å². The number of halogens is 1. The standard InChI is InChI=1S/C13H23BrO/c1-12(5-2-3-6-12)9-13(10-14)7-4-8-15-11-13/h2-11H2,1H3. The van der Waals surface area contributed by atoms with Crippen molar-refractivity contribution in [3.63, 3.8) is 0 Å². The molecule has 0 radical (unpaired) electrons. The number of ether oxygens (including phenoxy) is 1. The second-order valence-corrected chi connectivity index (χ2v) is 6.55. The van der Waals surface area contributed by atoms with E-state index in [1.807, 2.05) is 0 Å². The van der Waals surface area contributed by atoms with Gasteiger partial charge >= 0.3 is 0 Å². The van der Waals surface area contributed by atoms with Crippen LogP contribution in [0, 0.1) is 10.8 Å². The van der Waals surface area contributed by atoms with Crippen LogP contribution in [0.15, 0.2) is 0 Å². The molecule has 1 unspecified atom stereocenters. The van der Waals surface area contributed by atoms with Gasteiger partial charge in [0.25, 0.3) is 0 Å². The molecule has 0 N–H and O–H groups in total. The molecule has 2 fully saturated rings. The lowest BCUT2D eigenvalue weighted by atomic mass is 9.70. The monoisotopic (exact) mass is 274 g/mol. The van der Waals surface area contributed by atoms with Crippen LogP contribution < -0.4 is 0 Å². The number of rotatable bonds is 3. The molecule has 0 spiro atoms. The summed E-state index contributed by atoms with van der Waals surface area (Å²) < 4.78 is 5.70. The van der Waals surface area contributed by atoms with Crippen LogP contribution in [0.2, 0.25) is 0 Å². The van der Waals surface area contributed by atoms with Gasteiger partial charge in [0.15, 0.2) is 0 Å². The van der Waals surface area contributed by atoms with E-state index < -0.39 is 0 Å². The summed E-state index contributed by atoms with van der Waals surface area (Å²) >= 11 is 3.72. The van der Waals surface area contributed by atoms with Crippen molar-refractivity contribution in [3.8, 4) is 0 Å². The summed E-state index contributed by atoms with van der Waals surface area (Å²) in [5.41, 5.74) is 1.05. The number of hydrogen-bond acceptors (Lipinski definition) is 1. The zero-order valence-electron chi connectivity index (χ0n) is 9.86. The lowest BCUT2D eigenvalue weighted by Crippen LogP contribution is -2.37. The largest absolute Gasteiger partial charge is 0.381 e. The zero-order valence-corrected chi connectivity index (χ0v) is 11.4. The van der Waals surface area contributed by atoms with Gasteiger partial charge in [0.05, 0.1) is 6.61 Å². The van der Waals surface area contributed by atoms with Gasteiger partial charge in [0, 0.05) is 17.4 Å². The molecule has 2 heteroatoms. The summed E-state index contributed by atoms with van der Waals surface area (Å²) in [7, 11) is 0. The highest BCUT2D eigenvalue weighted by atomic mass is 79.9. The molecule has 1 aliphatic heterocycles. The first-order valence-electron chi connectivity index (χ1n) is 6.32. The lowest BCUT2D eigenvalue weighted by Gasteiger charge is -2.41. The summed E-state index contributed by atoms with van der Waals surface area (Å²) in [6.07, 6.45) is 9.72. The van der Waals surface area contributed by atoms with Crippen LogP contribution in [0.1, 0.15) is 51.9 Å². The summed E-state index contributed by atoms with van der Waals surface area (Å²) in [6, 6.07) is 0. The third-order valence-corrected chi connectivity index (χ3v) is 5.49. The molecule has 0 aromatic rings. The van der Waals surface area contributed by atoms with Crippen LogP contribution in [0.4, 0.5) is 0 Å². The first-order valence-corrected chi connectivity index (χ1v) is 7.44. The maximum atomic E-state index is 5.70. The fourth-order valence-corrected chi connectivity index (χ4v) is 4.15. The maximum absolute atomic E-state index is 5.70. The molecule has 0 aromatic heterocycles. The van der Waals surface area contributed by atoms with E-state index in [1.54, 1.807) is 0 Å². The predicted octanol–water partition coefficient (Wildman–Crippen LogP) is 4.15. The number of alkyl halides is 1. The van der Waals surface area contributed by atoms with Crippen LogP contribution in [-0.4, -0.2) is 18.5 Å². The van der Waals surface area contributed by atoms with Crippen molar-refractivity contribution in [2.75, 3.05) is 18.5 Å². The Bertz CT molecular complexity index is 203. The van der Waals surface area contributed by atoms with Crippen molar-refractivity contribution in [1.82, 2.24) is 0 Å². The minimum absolute atomic E-state index is 0.442. The summed E-state index contributed by atoms with van der Waals surface area (Å²) in [5.74, 6) is 0. The van der Waals surface area contributed by atoms with Crippen LogP contribution >= 0.6 is 15.9 Å². The topological polar surface area (TPSA) is 9.23 Å². The van der Waals surface area contributed by atoms with Crippen molar-refractivity contribution >= 4 is 15.9 Å². The van der Waals surface area contributed by atoms with Crippen LogP contribution in [-0.2, 0) is 4.74 Å². The number of hydrogen-bond donors (Lipinski definition) is 0. The summed E-state index contributed by atoms with van der Waals surface area (Å²) in [4.78, 5) is 0. The van der Waals surface area contributed by atoms with E-state index in [4.69, 9.17) is 4.74 Å². The van der Waals surface area contributed by atoms with E-state index in [0.29, 0.717) is 10.8 Å². The van der Waals surface area contributed by atoms with Gasteiger partial charge in [-0.2, -0.15) is 0 Å². The smallest absolute Gasteiger partial charge is 0.0530 e. The van der Waals surface area contributed by atoms with Crippen molar-refractivity contribution in [2.24, 2.45) is 10.8 Å². The second kappa shape index (κ2) is 4.75. The van der Waals surface area contributed by atoms with Gasteiger partial charge in [0.2, 0.25) is 0 Å². The quantitative estimate of drug-likeness (QED) is 0.703. The summed E-state index contributed by atoms with van der Waals surface area (Å²) in [6.45, 7) is 4.44. The summed E-state index contributed by atoms with van der Waals surface area (Å²) in [5, 5.41) is 1.12. The first kappa shape index (κ1) is 11.9. The highest BCUT2D eigenvalue weighted by Gasteiger charge is 2.40. The average Bonchev–Trinajstić information content (AvgIpc) is 2.66. The van der Waals surface area contributed by atoms with E-state index in [0.717, 1.165) is 18.5 Å². The fourth-order valence-electron chi connectivity index (χ4n) is 3.51. The highest BCUT2D eigenvalue weighted by molar-refractivity contribution is 9.09. The van der Waals surface area contributed by atoms with Crippen LogP contribution in [0.3, 0.4) is 0 Å². The van der Waals surface area contributed by atoms with Crippen molar-refractivity contribution in [2.45, 2.75) is 51.9 Å². The molecule has 1 atom stereocenters. The maximum Gasteiger partial charge on any atom is 0.0530 e. The van der Waals surface area contributed by atoms with E-state index >= 15 is 0 Å². The Balaban J connectivity index is 1.99. The van der Waals surface area contributed by atoms with Gasteiger partial charge in [0.1, 0.15) is 0 Å². The van der Waals surface area contributed by atoms with Crippen LogP contribution in [0.5, 0.6) is 0 Å². The molecule has 1 saturated carbocycles. The van der Waals surface area contributed by atoms with Crippen LogP contribution in [0.25, 0.3) is 0 Å². The molecule has 0 aromatic carbocycles. The van der Waals surface area contributed by atoms with E-state index in [1.165, 1.54) is 44.9 Å². The Kier molecular flexibility index (Phi) is 3.77. The molecule has 0 bridgehead atoms. The molecule has 1 nitrogen and oxygen atoms in total. The van der Waals surface area contributed by atoms with Gasteiger partial charge < -0.3 is 4.74 Å².